The number of hydrogen-bond acceptors (Lipinski definition) is 7. The molecule has 1 N–H and O–H groups in total. The molecule has 9 nitrogen and oxygen atoms in total. The van der Waals surface area contributed by atoms with Crippen LogP contribution in [0.5, 0.6) is 0 Å². The largest absolute Gasteiger partial charge is 0.450 e. The number of aliphatic hydroxyl groups is 1. The molecule has 1 fully saturated rings. The molecule has 3 aromatic rings. The molecule has 35 heavy (non-hydrogen) atoms. The molecule has 0 bridgehead atoms. The summed E-state index contributed by atoms with van der Waals surface area (Å²) in [5.41, 5.74) is 1.53. The Balaban J connectivity index is 1.57. The number of ether oxygens (including phenoxy) is 1. The number of pyridine rings is 1. The van der Waals surface area contributed by atoms with Crippen LogP contribution in [0.3, 0.4) is 0 Å². The molecule has 1 spiro atoms. The molecule has 0 radical (unpaired) electrons. The number of benzene rings is 1. The highest BCUT2D eigenvalue weighted by Gasteiger charge is 2.49. The van der Waals surface area contributed by atoms with Crippen LogP contribution < -0.4 is 10.5 Å². The van der Waals surface area contributed by atoms with E-state index in [1.165, 1.54) is 0 Å². The zero-order valence-electron chi connectivity index (χ0n) is 19.7. The molecular weight excluding hydrogens is 446 g/mol. The van der Waals surface area contributed by atoms with Crippen LogP contribution in [-0.2, 0) is 11.3 Å². The summed E-state index contributed by atoms with van der Waals surface area (Å²) in [6, 6.07) is 14.6. The first-order valence-corrected chi connectivity index (χ1v) is 12.0. The minimum Gasteiger partial charge on any atom is -0.450 e. The lowest BCUT2D eigenvalue weighted by Gasteiger charge is -2.47. The zero-order chi connectivity index (χ0) is 24.4. The number of likely N-dealkylation sites (tertiary alicyclic amines) is 1. The monoisotopic (exact) mass is 475 g/mol. The standard InChI is InChI=1S/C26H29N5O4/c1-2-35-25(34)29-14-10-26(18-29)11-15-30-23(33)16-21(19-8-12-27-13-9-19)28-24(30)31(26)17-22(32)20-6-4-3-5-7-20/h3-9,12-13,16,22,32H,2,10-11,14-15,17-18H2,1H3/t22-,26?/m1/s1. The van der Waals surface area contributed by atoms with E-state index in [-0.39, 0.29) is 18.2 Å². The molecule has 2 aromatic heterocycles. The molecule has 9 heteroatoms. The molecule has 1 amide bonds. The summed E-state index contributed by atoms with van der Waals surface area (Å²) in [7, 11) is 0. The van der Waals surface area contributed by atoms with Gasteiger partial charge in [-0.05, 0) is 37.5 Å². The number of anilines is 1. The van der Waals surface area contributed by atoms with Crippen molar-refractivity contribution in [2.24, 2.45) is 0 Å². The Labute approximate surface area is 203 Å². The van der Waals surface area contributed by atoms with E-state index >= 15 is 0 Å². The fraction of sp³-hybridized carbons (Fsp3) is 0.385. The highest BCUT2D eigenvalue weighted by atomic mass is 16.6. The van der Waals surface area contributed by atoms with Crippen molar-refractivity contribution in [3.63, 3.8) is 0 Å². The maximum atomic E-state index is 13.2. The summed E-state index contributed by atoms with van der Waals surface area (Å²) >= 11 is 0. The number of nitrogens with zero attached hydrogens (tertiary/aromatic N) is 5. The van der Waals surface area contributed by atoms with Gasteiger partial charge in [-0.2, -0.15) is 0 Å². The van der Waals surface area contributed by atoms with Gasteiger partial charge >= 0.3 is 6.09 Å². The number of fused-ring (bicyclic) bond motifs is 1. The summed E-state index contributed by atoms with van der Waals surface area (Å²) in [4.78, 5) is 38.4. The number of carbonyl (C=O) groups is 1. The summed E-state index contributed by atoms with van der Waals surface area (Å²) in [6.45, 7) is 3.83. The molecule has 5 rings (SSSR count). The second-order valence-corrected chi connectivity index (χ2v) is 9.05. The van der Waals surface area contributed by atoms with Crippen molar-refractivity contribution in [1.82, 2.24) is 19.4 Å². The Morgan fingerprint density at radius 3 is 2.63 bits per heavy atom. The van der Waals surface area contributed by atoms with Gasteiger partial charge in [-0.25, -0.2) is 9.78 Å². The van der Waals surface area contributed by atoms with Crippen molar-refractivity contribution in [3.8, 4) is 11.3 Å². The van der Waals surface area contributed by atoms with Crippen molar-refractivity contribution in [2.75, 3.05) is 31.1 Å². The van der Waals surface area contributed by atoms with Crippen molar-refractivity contribution >= 4 is 12.0 Å². The number of carbonyl (C=O) groups excluding carboxylic acids is 1. The van der Waals surface area contributed by atoms with Gasteiger partial charge in [0.1, 0.15) is 0 Å². The lowest BCUT2D eigenvalue weighted by Crippen LogP contribution is -2.58. The topological polar surface area (TPSA) is 101 Å². The molecule has 0 aliphatic carbocycles. The number of aliphatic hydroxyl groups excluding tert-OH is 1. The molecular formula is C26H29N5O4. The summed E-state index contributed by atoms with van der Waals surface area (Å²) in [6.07, 6.45) is 3.56. The quantitative estimate of drug-likeness (QED) is 0.606. The summed E-state index contributed by atoms with van der Waals surface area (Å²) < 4.78 is 6.92. The van der Waals surface area contributed by atoms with Crippen LogP contribution in [0.4, 0.5) is 10.7 Å². The average Bonchev–Trinajstić information content (AvgIpc) is 3.32. The van der Waals surface area contributed by atoms with E-state index in [2.05, 4.69) is 4.98 Å². The van der Waals surface area contributed by atoms with Crippen LogP contribution in [-0.4, -0.2) is 62.4 Å². The van der Waals surface area contributed by atoms with Crippen LogP contribution in [0.2, 0.25) is 0 Å². The number of β-amino-alcohol motifs (C(OH)–C–C–N with tert-alkyl or cyclic N) is 1. The average molecular weight is 476 g/mol. The molecule has 1 saturated heterocycles. The molecule has 1 unspecified atom stereocenters. The van der Waals surface area contributed by atoms with E-state index in [0.29, 0.717) is 50.7 Å². The summed E-state index contributed by atoms with van der Waals surface area (Å²) in [5.74, 6) is 0.510. The van der Waals surface area contributed by atoms with Crippen molar-refractivity contribution < 1.29 is 14.6 Å². The van der Waals surface area contributed by atoms with Crippen LogP contribution >= 0.6 is 0 Å². The third kappa shape index (κ3) is 4.39. The Bertz CT molecular complexity index is 1250. The fourth-order valence-electron chi connectivity index (χ4n) is 5.13. The minimum absolute atomic E-state index is 0.142. The maximum Gasteiger partial charge on any atom is 0.409 e. The van der Waals surface area contributed by atoms with E-state index in [1.54, 1.807) is 34.9 Å². The zero-order valence-corrected chi connectivity index (χ0v) is 19.7. The van der Waals surface area contributed by atoms with Crippen molar-refractivity contribution in [1.29, 1.82) is 0 Å². The smallest absolute Gasteiger partial charge is 0.409 e. The normalized spacial score (nSPS) is 20.1. The Morgan fingerprint density at radius 1 is 1.14 bits per heavy atom. The van der Waals surface area contributed by atoms with Gasteiger partial charge in [-0.15, -0.1) is 0 Å². The van der Waals surface area contributed by atoms with Crippen LogP contribution in [0, 0.1) is 0 Å². The highest BCUT2D eigenvalue weighted by Crippen LogP contribution is 2.40. The van der Waals surface area contributed by atoms with Gasteiger partial charge < -0.3 is 19.6 Å². The third-order valence-corrected chi connectivity index (χ3v) is 6.98. The number of aromatic nitrogens is 3. The number of hydrogen-bond donors (Lipinski definition) is 1. The second-order valence-electron chi connectivity index (χ2n) is 9.05. The van der Waals surface area contributed by atoms with Gasteiger partial charge in [0.25, 0.3) is 5.56 Å². The van der Waals surface area contributed by atoms with Gasteiger partial charge in [-0.1, -0.05) is 30.3 Å². The van der Waals surface area contributed by atoms with Crippen LogP contribution in [0.1, 0.15) is 31.4 Å². The molecule has 182 valence electrons. The predicted octanol–water partition coefficient (Wildman–Crippen LogP) is 2.85. The van der Waals surface area contributed by atoms with E-state index in [1.807, 2.05) is 47.4 Å². The Kier molecular flexibility index (Phi) is 6.25. The van der Waals surface area contributed by atoms with E-state index in [0.717, 1.165) is 11.1 Å². The van der Waals surface area contributed by atoms with Gasteiger partial charge in [0, 0.05) is 43.7 Å². The van der Waals surface area contributed by atoms with Gasteiger partial charge in [0.05, 0.1) is 30.5 Å². The second kappa shape index (κ2) is 9.50. The Hall–Kier alpha value is -3.72. The van der Waals surface area contributed by atoms with E-state index < -0.39 is 11.6 Å². The Morgan fingerprint density at radius 2 is 1.89 bits per heavy atom. The first-order valence-electron chi connectivity index (χ1n) is 12.0. The van der Waals surface area contributed by atoms with Gasteiger partial charge in [-0.3, -0.25) is 14.3 Å². The lowest BCUT2D eigenvalue weighted by molar-refractivity contribution is 0.111. The first-order chi connectivity index (χ1) is 17.0. The molecule has 2 aliphatic rings. The summed E-state index contributed by atoms with van der Waals surface area (Å²) in [5, 5.41) is 11.2. The molecule has 1 aromatic carbocycles. The van der Waals surface area contributed by atoms with Crippen LogP contribution in [0.15, 0.2) is 65.7 Å². The molecule has 0 saturated carbocycles. The van der Waals surface area contributed by atoms with Crippen molar-refractivity contribution in [3.05, 3.63) is 76.8 Å². The number of rotatable bonds is 5. The van der Waals surface area contributed by atoms with Gasteiger partial charge in [0.15, 0.2) is 0 Å². The van der Waals surface area contributed by atoms with E-state index in [4.69, 9.17) is 9.72 Å². The first kappa shape index (κ1) is 23.0. The maximum absolute atomic E-state index is 13.2. The predicted molar refractivity (Wildman–Crippen MR) is 131 cm³/mol. The van der Waals surface area contributed by atoms with Gasteiger partial charge in [0.2, 0.25) is 5.95 Å². The van der Waals surface area contributed by atoms with Crippen LogP contribution in [0.25, 0.3) is 11.3 Å². The molecule has 2 atom stereocenters. The number of amides is 1. The molecule has 2 aliphatic heterocycles. The third-order valence-electron chi connectivity index (χ3n) is 6.98. The molecule has 4 heterocycles. The SMILES string of the molecule is CCOC(=O)N1CCC2(CCn3c(nc(-c4ccncc4)cc3=O)N2C[C@@H](O)c2ccccc2)C1. The lowest BCUT2D eigenvalue weighted by atomic mass is 9.89. The minimum atomic E-state index is -0.794. The van der Waals surface area contributed by atoms with Crippen molar-refractivity contribution in [2.45, 2.75) is 38.0 Å². The highest BCUT2D eigenvalue weighted by molar-refractivity contribution is 5.69. The van der Waals surface area contributed by atoms with E-state index in [9.17, 15) is 14.7 Å². The fourth-order valence-corrected chi connectivity index (χ4v) is 5.13.